The minimum Gasteiger partial charge on any atom is -0.359 e. The van der Waals surface area contributed by atoms with Gasteiger partial charge in [0.15, 0.2) is 5.96 Å². The number of guanidine groups is 1. The van der Waals surface area contributed by atoms with Crippen LogP contribution < -0.4 is 10.6 Å². The fourth-order valence-corrected chi connectivity index (χ4v) is 2.34. The largest absolute Gasteiger partial charge is 0.359 e. The molecule has 5 heteroatoms. The number of nitrogens with zero attached hydrogens (tertiary/aromatic N) is 3. The maximum atomic E-state index is 4.12. The minimum atomic E-state index is 0.642. The SMILES string of the molecule is CCN1CCN(C[C@H](C)CNC(=NC)NC)CC1. The first-order valence-electron chi connectivity index (χ1n) is 7.02. The summed E-state index contributed by atoms with van der Waals surface area (Å²) in [5.41, 5.74) is 0. The van der Waals surface area contributed by atoms with Crippen LogP contribution in [0.3, 0.4) is 0 Å². The summed E-state index contributed by atoms with van der Waals surface area (Å²) in [6, 6.07) is 0. The van der Waals surface area contributed by atoms with E-state index in [4.69, 9.17) is 0 Å². The molecule has 0 spiro atoms. The molecule has 1 rings (SSSR count). The third-order valence-corrected chi connectivity index (χ3v) is 3.56. The lowest BCUT2D eigenvalue weighted by Crippen LogP contribution is -2.48. The van der Waals surface area contributed by atoms with Crippen LogP contribution in [0.5, 0.6) is 0 Å². The van der Waals surface area contributed by atoms with Crippen LogP contribution in [0.25, 0.3) is 0 Å². The van der Waals surface area contributed by atoms with Gasteiger partial charge in [-0.2, -0.15) is 0 Å². The molecule has 0 aromatic rings. The maximum absolute atomic E-state index is 4.12. The lowest BCUT2D eigenvalue weighted by atomic mass is 10.1. The molecule has 0 radical (unpaired) electrons. The van der Waals surface area contributed by atoms with E-state index in [9.17, 15) is 0 Å². The molecule has 0 saturated carbocycles. The lowest BCUT2D eigenvalue weighted by molar-refractivity contribution is 0.124. The summed E-state index contributed by atoms with van der Waals surface area (Å²) in [6.07, 6.45) is 0. The summed E-state index contributed by atoms with van der Waals surface area (Å²) in [5.74, 6) is 1.51. The van der Waals surface area contributed by atoms with E-state index in [1.807, 2.05) is 7.05 Å². The Hall–Kier alpha value is -0.810. The normalized spacial score (nSPS) is 20.8. The van der Waals surface area contributed by atoms with Crippen molar-refractivity contribution in [2.75, 3.05) is 59.9 Å². The van der Waals surface area contributed by atoms with Gasteiger partial charge in [0.05, 0.1) is 0 Å². The van der Waals surface area contributed by atoms with Crippen LogP contribution in [0.1, 0.15) is 13.8 Å². The average Bonchev–Trinajstić information content (AvgIpc) is 2.41. The maximum Gasteiger partial charge on any atom is 0.190 e. The lowest BCUT2D eigenvalue weighted by Gasteiger charge is -2.35. The molecule has 0 unspecified atom stereocenters. The topological polar surface area (TPSA) is 42.9 Å². The molecule has 0 bridgehead atoms. The van der Waals surface area contributed by atoms with E-state index in [-0.39, 0.29) is 0 Å². The molecule has 0 aromatic carbocycles. The van der Waals surface area contributed by atoms with Crippen LogP contribution in [-0.2, 0) is 0 Å². The van der Waals surface area contributed by atoms with E-state index in [0.717, 1.165) is 12.5 Å². The fraction of sp³-hybridized carbons (Fsp3) is 0.923. The number of nitrogens with one attached hydrogen (secondary N) is 2. The zero-order valence-electron chi connectivity index (χ0n) is 12.4. The molecule has 0 aliphatic carbocycles. The summed E-state index contributed by atoms with van der Waals surface area (Å²) in [7, 11) is 3.69. The van der Waals surface area contributed by atoms with Gasteiger partial charge in [0.2, 0.25) is 0 Å². The van der Waals surface area contributed by atoms with E-state index in [0.29, 0.717) is 5.92 Å². The molecule has 0 amide bonds. The van der Waals surface area contributed by atoms with Crippen LogP contribution in [-0.4, -0.2) is 75.7 Å². The van der Waals surface area contributed by atoms with Crippen molar-refractivity contribution in [1.29, 1.82) is 0 Å². The van der Waals surface area contributed by atoms with E-state index in [1.165, 1.54) is 39.3 Å². The van der Waals surface area contributed by atoms with Gasteiger partial charge in [-0.25, -0.2) is 0 Å². The van der Waals surface area contributed by atoms with Crippen molar-refractivity contribution >= 4 is 5.96 Å². The van der Waals surface area contributed by atoms with Gasteiger partial charge >= 0.3 is 0 Å². The minimum absolute atomic E-state index is 0.642. The summed E-state index contributed by atoms with van der Waals surface area (Å²) < 4.78 is 0. The van der Waals surface area contributed by atoms with Crippen molar-refractivity contribution in [2.24, 2.45) is 10.9 Å². The van der Waals surface area contributed by atoms with Crippen molar-refractivity contribution in [3.05, 3.63) is 0 Å². The second-order valence-corrected chi connectivity index (χ2v) is 5.04. The Morgan fingerprint density at radius 3 is 2.33 bits per heavy atom. The molecule has 18 heavy (non-hydrogen) atoms. The smallest absolute Gasteiger partial charge is 0.190 e. The predicted molar refractivity (Wildman–Crippen MR) is 78.1 cm³/mol. The van der Waals surface area contributed by atoms with Gasteiger partial charge in [-0.05, 0) is 12.5 Å². The van der Waals surface area contributed by atoms with Crippen LogP contribution in [0.4, 0.5) is 0 Å². The van der Waals surface area contributed by atoms with Crippen LogP contribution >= 0.6 is 0 Å². The van der Waals surface area contributed by atoms with Crippen LogP contribution in [0, 0.1) is 5.92 Å². The second-order valence-electron chi connectivity index (χ2n) is 5.04. The number of piperazine rings is 1. The first-order chi connectivity index (χ1) is 8.69. The molecule has 5 nitrogen and oxygen atoms in total. The van der Waals surface area contributed by atoms with Crippen LogP contribution in [0.15, 0.2) is 4.99 Å². The zero-order chi connectivity index (χ0) is 13.4. The fourth-order valence-electron chi connectivity index (χ4n) is 2.34. The molecule has 1 aliphatic heterocycles. The highest BCUT2D eigenvalue weighted by Crippen LogP contribution is 2.04. The molecule has 0 aromatic heterocycles. The van der Waals surface area contributed by atoms with Crippen molar-refractivity contribution in [3.63, 3.8) is 0 Å². The molecule has 1 fully saturated rings. The highest BCUT2D eigenvalue weighted by atomic mass is 15.3. The summed E-state index contributed by atoms with van der Waals surface area (Å²) in [4.78, 5) is 9.21. The van der Waals surface area contributed by atoms with Gasteiger partial charge < -0.3 is 20.4 Å². The number of aliphatic imine (C=N–C) groups is 1. The summed E-state index contributed by atoms with van der Waals surface area (Å²) in [5, 5.41) is 6.37. The highest BCUT2D eigenvalue weighted by molar-refractivity contribution is 5.79. The van der Waals surface area contributed by atoms with E-state index >= 15 is 0 Å². The highest BCUT2D eigenvalue weighted by Gasteiger charge is 2.17. The van der Waals surface area contributed by atoms with Crippen molar-refractivity contribution in [2.45, 2.75) is 13.8 Å². The van der Waals surface area contributed by atoms with Crippen molar-refractivity contribution in [3.8, 4) is 0 Å². The summed E-state index contributed by atoms with van der Waals surface area (Å²) >= 11 is 0. The molecule has 1 aliphatic rings. The third kappa shape index (κ3) is 5.23. The Bertz CT molecular complexity index is 246. The Labute approximate surface area is 112 Å². The van der Waals surface area contributed by atoms with Gasteiger partial charge in [-0.3, -0.25) is 4.99 Å². The molecule has 106 valence electrons. The number of hydrogen-bond acceptors (Lipinski definition) is 3. The molecular formula is C13H29N5. The van der Waals surface area contributed by atoms with Gasteiger partial charge in [-0.15, -0.1) is 0 Å². The van der Waals surface area contributed by atoms with Crippen LogP contribution in [0.2, 0.25) is 0 Å². The molecule has 1 saturated heterocycles. The standard InChI is InChI=1S/C13H29N5/c1-5-17-6-8-18(9-7-17)11-12(2)10-16-13(14-3)15-4/h12H,5-11H2,1-4H3,(H2,14,15,16)/t12-/m1/s1. The predicted octanol–water partition coefficient (Wildman–Crippen LogP) is 0.0548. The Balaban J connectivity index is 2.18. The van der Waals surface area contributed by atoms with E-state index in [2.05, 4.69) is 39.3 Å². The molecular weight excluding hydrogens is 226 g/mol. The van der Waals surface area contributed by atoms with E-state index in [1.54, 1.807) is 7.05 Å². The Morgan fingerprint density at radius 1 is 1.22 bits per heavy atom. The first kappa shape index (κ1) is 15.2. The number of hydrogen-bond donors (Lipinski definition) is 2. The van der Waals surface area contributed by atoms with Gasteiger partial charge in [0.1, 0.15) is 0 Å². The zero-order valence-corrected chi connectivity index (χ0v) is 12.4. The van der Waals surface area contributed by atoms with Gasteiger partial charge in [0, 0.05) is 53.4 Å². The van der Waals surface area contributed by atoms with Crippen molar-refractivity contribution < 1.29 is 0 Å². The van der Waals surface area contributed by atoms with E-state index < -0.39 is 0 Å². The molecule has 1 heterocycles. The van der Waals surface area contributed by atoms with Crippen molar-refractivity contribution in [1.82, 2.24) is 20.4 Å². The Kier molecular flexibility index (Phi) is 7.05. The van der Waals surface area contributed by atoms with Gasteiger partial charge in [0.25, 0.3) is 0 Å². The third-order valence-electron chi connectivity index (χ3n) is 3.56. The molecule has 1 atom stereocenters. The van der Waals surface area contributed by atoms with Gasteiger partial charge in [-0.1, -0.05) is 13.8 Å². The monoisotopic (exact) mass is 255 g/mol. The Morgan fingerprint density at radius 2 is 1.83 bits per heavy atom. The second kappa shape index (κ2) is 8.32. The number of likely N-dealkylation sites (N-methyl/N-ethyl adjacent to an activating group) is 1. The number of rotatable bonds is 5. The molecule has 2 N–H and O–H groups in total. The summed E-state index contributed by atoms with van der Waals surface area (Å²) in [6.45, 7) is 12.7. The quantitative estimate of drug-likeness (QED) is 0.538. The average molecular weight is 255 g/mol. The first-order valence-corrected chi connectivity index (χ1v) is 7.02.